The van der Waals surface area contributed by atoms with E-state index in [9.17, 15) is 13.2 Å². The number of esters is 1. The van der Waals surface area contributed by atoms with E-state index in [0.717, 1.165) is 0 Å². The summed E-state index contributed by atoms with van der Waals surface area (Å²) in [6.07, 6.45) is 0. The summed E-state index contributed by atoms with van der Waals surface area (Å²) in [5.74, 6) is -0.175. The number of halogens is 2. The zero-order valence-corrected chi connectivity index (χ0v) is 12.5. The molecule has 0 N–H and O–H groups in total. The summed E-state index contributed by atoms with van der Waals surface area (Å²) < 4.78 is 32.4. The highest BCUT2D eigenvalue weighted by Gasteiger charge is 2.13. The maximum atomic E-state index is 11.1. The fourth-order valence-corrected chi connectivity index (χ4v) is 2.51. The van der Waals surface area contributed by atoms with Gasteiger partial charge >= 0.3 is 5.97 Å². The lowest BCUT2D eigenvalue weighted by atomic mass is 10.3. The van der Waals surface area contributed by atoms with Gasteiger partial charge in [0.15, 0.2) is 6.61 Å². The molecule has 100 valence electrons. The molecule has 0 aliphatic heterocycles. The van der Waals surface area contributed by atoms with E-state index in [1.54, 1.807) is 6.92 Å². The molecule has 5 nitrogen and oxygen atoms in total. The monoisotopic (exact) mass is 356 g/mol. The van der Waals surface area contributed by atoms with Gasteiger partial charge in [0.25, 0.3) is 9.05 Å². The van der Waals surface area contributed by atoms with Gasteiger partial charge in [-0.2, -0.15) is 0 Å². The SMILES string of the molecule is CCOC(=O)COc1ccc(S(=O)(=O)Cl)cc1Br. The Bertz CT molecular complexity index is 543. The molecule has 8 heteroatoms. The lowest BCUT2D eigenvalue weighted by Crippen LogP contribution is -2.14. The van der Waals surface area contributed by atoms with Crippen molar-refractivity contribution in [2.75, 3.05) is 13.2 Å². The van der Waals surface area contributed by atoms with Crippen LogP contribution in [0.5, 0.6) is 5.75 Å². The Hall–Kier alpha value is -0.790. The summed E-state index contributed by atoms with van der Waals surface area (Å²) in [5.41, 5.74) is 0. The second-order valence-electron chi connectivity index (χ2n) is 3.12. The van der Waals surface area contributed by atoms with Crippen molar-refractivity contribution < 1.29 is 22.7 Å². The molecule has 1 aromatic rings. The second-order valence-corrected chi connectivity index (χ2v) is 6.54. The fraction of sp³-hybridized carbons (Fsp3) is 0.300. The molecule has 0 radical (unpaired) electrons. The van der Waals surface area contributed by atoms with Gasteiger partial charge in [0.1, 0.15) is 5.75 Å². The van der Waals surface area contributed by atoms with Crippen LogP contribution in [0.1, 0.15) is 6.92 Å². The first-order chi connectivity index (χ1) is 8.34. The summed E-state index contributed by atoms with van der Waals surface area (Å²) in [4.78, 5) is 11.0. The van der Waals surface area contributed by atoms with Gasteiger partial charge in [0.2, 0.25) is 0 Å². The Morgan fingerprint density at radius 3 is 2.61 bits per heavy atom. The van der Waals surface area contributed by atoms with Gasteiger partial charge in [0.05, 0.1) is 16.0 Å². The van der Waals surface area contributed by atoms with Gasteiger partial charge in [-0.25, -0.2) is 13.2 Å². The van der Waals surface area contributed by atoms with E-state index in [0.29, 0.717) is 10.2 Å². The summed E-state index contributed by atoms with van der Waals surface area (Å²) in [5, 5.41) is 0. The topological polar surface area (TPSA) is 69.7 Å². The quantitative estimate of drug-likeness (QED) is 0.597. The Morgan fingerprint density at radius 1 is 1.44 bits per heavy atom. The Kier molecular flexibility index (Phi) is 5.43. The zero-order valence-electron chi connectivity index (χ0n) is 9.35. The van der Waals surface area contributed by atoms with Gasteiger partial charge in [-0.3, -0.25) is 0 Å². The highest BCUT2D eigenvalue weighted by molar-refractivity contribution is 9.10. The van der Waals surface area contributed by atoms with Gasteiger partial charge in [-0.1, -0.05) is 0 Å². The standard InChI is InChI=1S/C10H10BrClO5S/c1-2-16-10(13)6-17-9-4-3-7(5-8(9)11)18(12,14)15/h3-5H,2,6H2,1H3. The molecule has 0 aliphatic rings. The van der Waals surface area contributed by atoms with Crippen LogP contribution in [-0.4, -0.2) is 27.6 Å². The van der Waals surface area contributed by atoms with Crippen LogP contribution in [0.3, 0.4) is 0 Å². The van der Waals surface area contributed by atoms with Crippen molar-refractivity contribution in [1.29, 1.82) is 0 Å². The van der Waals surface area contributed by atoms with E-state index < -0.39 is 15.0 Å². The van der Waals surface area contributed by atoms with Crippen LogP contribution in [0.25, 0.3) is 0 Å². The number of hydrogen-bond donors (Lipinski definition) is 0. The number of carbonyl (C=O) groups excluding carboxylic acids is 1. The lowest BCUT2D eigenvalue weighted by Gasteiger charge is -2.08. The van der Waals surface area contributed by atoms with Crippen molar-refractivity contribution in [3.05, 3.63) is 22.7 Å². The maximum Gasteiger partial charge on any atom is 0.344 e. The van der Waals surface area contributed by atoms with Crippen molar-refractivity contribution in [2.45, 2.75) is 11.8 Å². The van der Waals surface area contributed by atoms with Gasteiger partial charge < -0.3 is 9.47 Å². The van der Waals surface area contributed by atoms with Crippen LogP contribution >= 0.6 is 26.6 Å². The van der Waals surface area contributed by atoms with Crippen LogP contribution in [0.15, 0.2) is 27.6 Å². The van der Waals surface area contributed by atoms with Crippen molar-refractivity contribution in [3.8, 4) is 5.75 Å². The number of carbonyl (C=O) groups is 1. The first-order valence-electron chi connectivity index (χ1n) is 4.87. The maximum absolute atomic E-state index is 11.1. The normalized spacial score (nSPS) is 11.1. The van der Waals surface area contributed by atoms with E-state index in [-0.39, 0.29) is 18.1 Å². The Morgan fingerprint density at radius 2 is 2.11 bits per heavy atom. The van der Waals surface area contributed by atoms with Crippen LogP contribution in [0.4, 0.5) is 0 Å². The van der Waals surface area contributed by atoms with Crippen LogP contribution in [0, 0.1) is 0 Å². The summed E-state index contributed by atoms with van der Waals surface area (Å²) in [6.45, 7) is 1.71. The average molecular weight is 358 g/mol. The fourth-order valence-electron chi connectivity index (χ4n) is 1.09. The molecular weight excluding hydrogens is 348 g/mol. The average Bonchev–Trinajstić information content (AvgIpc) is 2.26. The van der Waals surface area contributed by atoms with E-state index in [1.807, 2.05) is 0 Å². The molecule has 0 fully saturated rings. The minimum absolute atomic E-state index is 0.0560. The summed E-state index contributed by atoms with van der Waals surface area (Å²) >= 11 is 3.13. The Labute approximate surface area is 118 Å². The van der Waals surface area contributed by atoms with E-state index in [2.05, 4.69) is 20.7 Å². The number of rotatable bonds is 5. The number of benzene rings is 1. The third kappa shape index (κ3) is 4.47. The predicted molar refractivity (Wildman–Crippen MR) is 69.3 cm³/mol. The van der Waals surface area contributed by atoms with Gasteiger partial charge in [-0.15, -0.1) is 0 Å². The molecule has 0 unspecified atom stereocenters. The minimum atomic E-state index is -3.79. The molecule has 0 aliphatic carbocycles. The van der Waals surface area contributed by atoms with Gasteiger partial charge in [0, 0.05) is 10.7 Å². The second kappa shape index (κ2) is 6.40. The van der Waals surface area contributed by atoms with Gasteiger partial charge in [-0.05, 0) is 41.1 Å². The number of ether oxygens (including phenoxy) is 2. The van der Waals surface area contributed by atoms with Crippen molar-refractivity contribution in [3.63, 3.8) is 0 Å². The van der Waals surface area contributed by atoms with Crippen molar-refractivity contribution in [1.82, 2.24) is 0 Å². The predicted octanol–water partition coefficient (Wildman–Crippen LogP) is 2.32. The van der Waals surface area contributed by atoms with E-state index in [4.69, 9.17) is 15.4 Å². The molecule has 18 heavy (non-hydrogen) atoms. The molecular formula is C10H10BrClO5S. The molecule has 0 spiro atoms. The largest absolute Gasteiger partial charge is 0.481 e. The Balaban J connectivity index is 2.78. The molecule has 1 aromatic carbocycles. The molecule has 0 aromatic heterocycles. The lowest BCUT2D eigenvalue weighted by molar-refractivity contribution is -0.145. The molecule has 0 heterocycles. The smallest absolute Gasteiger partial charge is 0.344 e. The van der Waals surface area contributed by atoms with Crippen molar-refractivity contribution >= 4 is 41.6 Å². The third-order valence-electron chi connectivity index (χ3n) is 1.84. The molecule has 0 amide bonds. The van der Waals surface area contributed by atoms with Crippen LogP contribution in [-0.2, 0) is 18.6 Å². The molecule has 0 saturated carbocycles. The third-order valence-corrected chi connectivity index (χ3v) is 3.81. The van der Waals surface area contributed by atoms with E-state index in [1.165, 1.54) is 18.2 Å². The number of hydrogen-bond acceptors (Lipinski definition) is 5. The summed E-state index contributed by atoms with van der Waals surface area (Å²) in [7, 11) is 1.40. The molecule has 0 saturated heterocycles. The van der Waals surface area contributed by atoms with Crippen molar-refractivity contribution in [2.24, 2.45) is 0 Å². The van der Waals surface area contributed by atoms with Crippen LogP contribution in [0.2, 0.25) is 0 Å². The van der Waals surface area contributed by atoms with Crippen LogP contribution < -0.4 is 4.74 Å². The summed E-state index contributed by atoms with van der Waals surface area (Å²) in [6, 6.07) is 3.98. The highest BCUT2D eigenvalue weighted by Crippen LogP contribution is 2.29. The highest BCUT2D eigenvalue weighted by atomic mass is 79.9. The minimum Gasteiger partial charge on any atom is -0.481 e. The molecule has 0 bridgehead atoms. The first kappa shape index (κ1) is 15.3. The molecule has 0 atom stereocenters. The first-order valence-corrected chi connectivity index (χ1v) is 7.97. The molecule has 1 rings (SSSR count). The van der Waals surface area contributed by atoms with E-state index >= 15 is 0 Å². The zero-order chi connectivity index (χ0) is 13.8.